The van der Waals surface area contributed by atoms with E-state index in [2.05, 4.69) is 17.2 Å². The summed E-state index contributed by atoms with van der Waals surface area (Å²) in [6.07, 6.45) is 0. The monoisotopic (exact) mass is 260 g/mol. The van der Waals surface area contributed by atoms with Crippen LogP contribution in [0.1, 0.15) is 12.5 Å². The van der Waals surface area contributed by atoms with Gasteiger partial charge in [0.15, 0.2) is 5.15 Å². The van der Waals surface area contributed by atoms with Crippen molar-refractivity contribution in [3.63, 3.8) is 0 Å². The van der Waals surface area contributed by atoms with E-state index >= 15 is 0 Å². The molecule has 1 fully saturated rings. The van der Waals surface area contributed by atoms with Crippen LogP contribution in [-0.2, 0) is 4.74 Å². The third-order valence-corrected chi connectivity index (χ3v) is 3.20. The lowest BCUT2D eigenvalue weighted by atomic mass is 9.88. The van der Waals surface area contributed by atoms with Gasteiger partial charge < -0.3 is 10.1 Å². The van der Waals surface area contributed by atoms with Gasteiger partial charge in [0.25, 0.3) is 0 Å². The topological polar surface area (TPSA) is 34.2 Å². The molecule has 2 heterocycles. The van der Waals surface area contributed by atoms with Gasteiger partial charge in [0.2, 0.25) is 0 Å². The molecule has 1 aliphatic heterocycles. The zero-order valence-corrected chi connectivity index (χ0v) is 10.8. The van der Waals surface area contributed by atoms with Crippen molar-refractivity contribution in [2.45, 2.75) is 13.8 Å². The summed E-state index contributed by atoms with van der Waals surface area (Å²) in [5.41, 5.74) is 2.07. The van der Waals surface area contributed by atoms with Gasteiger partial charge in [-0.25, -0.2) is 4.98 Å². The maximum absolute atomic E-state index is 6.04. The van der Waals surface area contributed by atoms with E-state index in [1.54, 1.807) is 6.07 Å². The lowest BCUT2D eigenvalue weighted by Crippen LogP contribution is -2.45. The largest absolute Gasteiger partial charge is 0.382 e. The Balaban J connectivity index is 2.09. The number of aromatic nitrogens is 1. The van der Waals surface area contributed by atoms with Crippen LogP contribution in [0.4, 0.5) is 5.69 Å². The fourth-order valence-electron chi connectivity index (χ4n) is 1.66. The van der Waals surface area contributed by atoms with E-state index in [0.717, 1.165) is 31.0 Å². The van der Waals surface area contributed by atoms with Crippen molar-refractivity contribution in [3.05, 3.63) is 21.9 Å². The van der Waals surface area contributed by atoms with Gasteiger partial charge in [-0.3, -0.25) is 0 Å². The maximum atomic E-state index is 6.04. The van der Waals surface area contributed by atoms with E-state index in [1.165, 1.54) is 0 Å². The molecule has 0 radical (unpaired) electrons. The van der Waals surface area contributed by atoms with E-state index in [4.69, 9.17) is 27.9 Å². The van der Waals surface area contributed by atoms with Crippen LogP contribution in [0.5, 0.6) is 0 Å². The molecule has 2 rings (SSSR count). The van der Waals surface area contributed by atoms with Gasteiger partial charge in [0.05, 0.1) is 18.9 Å². The number of anilines is 1. The molecule has 0 saturated carbocycles. The van der Waals surface area contributed by atoms with Crippen LogP contribution in [0, 0.1) is 12.3 Å². The molecule has 88 valence electrons. The molecule has 5 heteroatoms. The molecule has 1 aliphatic rings. The van der Waals surface area contributed by atoms with Crippen molar-refractivity contribution in [2.75, 3.05) is 25.1 Å². The fourth-order valence-corrected chi connectivity index (χ4v) is 2.26. The molecule has 3 nitrogen and oxygen atoms in total. The first-order valence-corrected chi connectivity index (χ1v) is 5.90. The van der Waals surface area contributed by atoms with Crippen LogP contribution in [-0.4, -0.2) is 24.7 Å². The van der Waals surface area contributed by atoms with Gasteiger partial charge in [-0.05, 0) is 18.6 Å². The van der Waals surface area contributed by atoms with E-state index in [1.807, 2.05) is 6.92 Å². The minimum Gasteiger partial charge on any atom is -0.382 e. The lowest BCUT2D eigenvalue weighted by molar-refractivity contribution is -0.0924. The summed E-state index contributed by atoms with van der Waals surface area (Å²) in [5.74, 6) is 0. The molecule has 0 bridgehead atoms. The molecule has 0 aliphatic carbocycles. The number of aryl methyl sites for hydroxylation is 1. The van der Waals surface area contributed by atoms with Crippen LogP contribution in [0.15, 0.2) is 6.07 Å². The predicted octanol–water partition coefficient (Wildman–Crippen LogP) is 3.15. The second kappa shape index (κ2) is 4.40. The van der Waals surface area contributed by atoms with Gasteiger partial charge in [-0.15, -0.1) is 0 Å². The number of nitrogens with zero attached hydrogens (tertiary/aromatic N) is 1. The van der Waals surface area contributed by atoms with Crippen molar-refractivity contribution in [3.8, 4) is 0 Å². The van der Waals surface area contributed by atoms with Crippen molar-refractivity contribution in [2.24, 2.45) is 5.41 Å². The zero-order valence-electron chi connectivity index (χ0n) is 9.31. The van der Waals surface area contributed by atoms with Crippen molar-refractivity contribution < 1.29 is 4.74 Å². The van der Waals surface area contributed by atoms with Crippen LogP contribution < -0.4 is 5.32 Å². The van der Waals surface area contributed by atoms with E-state index in [0.29, 0.717) is 10.3 Å². The minimum absolute atomic E-state index is 0.204. The Kier molecular flexibility index (Phi) is 3.29. The molecule has 0 amide bonds. The molecule has 0 aromatic carbocycles. The first kappa shape index (κ1) is 12.0. The lowest BCUT2D eigenvalue weighted by Gasteiger charge is -2.38. The summed E-state index contributed by atoms with van der Waals surface area (Å²) >= 11 is 11.8. The van der Waals surface area contributed by atoms with Gasteiger partial charge in [0, 0.05) is 12.0 Å². The van der Waals surface area contributed by atoms with Gasteiger partial charge >= 0.3 is 0 Å². The number of rotatable bonds is 3. The Morgan fingerprint density at radius 1 is 1.50 bits per heavy atom. The molecule has 1 N–H and O–H groups in total. The van der Waals surface area contributed by atoms with E-state index in [9.17, 15) is 0 Å². The van der Waals surface area contributed by atoms with Crippen molar-refractivity contribution in [1.82, 2.24) is 4.98 Å². The molecule has 0 atom stereocenters. The average molecular weight is 261 g/mol. The fraction of sp³-hybridized carbons (Fsp3) is 0.545. The number of nitrogens with one attached hydrogen (secondary N) is 1. The first-order valence-electron chi connectivity index (χ1n) is 5.14. The highest BCUT2D eigenvalue weighted by Crippen LogP contribution is 2.30. The minimum atomic E-state index is 0.204. The van der Waals surface area contributed by atoms with Crippen molar-refractivity contribution in [1.29, 1.82) is 0 Å². The Labute approximate surface area is 105 Å². The highest BCUT2D eigenvalue weighted by atomic mass is 35.5. The van der Waals surface area contributed by atoms with Gasteiger partial charge in [-0.1, -0.05) is 30.1 Å². The molecular formula is C11H14Cl2N2O. The highest BCUT2D eigenvalue weighted by molar-refractivity contribution is 6.34. The van der Waals surface area contributed by atoms with E-state index in [-0.39, 0.29) is 5.41 Å². The standard InChI is InChI=1S/C11H14Cl2N2O/c1-7-3-8(12)15-10(13)9(7)14-4-11(2)5-16-6-11/h3,14H,4-6H2,1-2H3. The third kappa shape index (κ3) is 2.42. The smallest absolute Gasteiger partial charge is 0.154 e. The van der Waals surface area contributed by atoms with Gasteiger partial charge in [0.1, 0.15) is 5.15 Å². The van der Waals surface area contributed by atoms with Crippen LogP contribution in [0.2, 0.25) is 10.3 Å². The van der Waals surface area contributed by atoms with Crippen LogP contribution in [0.3, 0.4) is 0 Å². The first-order chi connectivity index (χ1) is 7.50. The van der Waals surface area contributed by atoms with Crippen LogP contribution >= 0.6 is 23.2 Å². The Bertz CT molecular complexity index is 382. The summed E-state index contributed by atoms with van der Waals surface area (Å²) in [5, 5.41) is 4.17. The average Bonchev–Trinajstić information content (AvgIpc) is 2.13. The number of ether oxygens (including phenoxy) is 1. The summed E-state index contributed by atoms with van der Waals surface area (Å²) in [6.45, 7) is 6.55. The maximum Gasteiger partial charge on any atom is 0.154 e. The quantitative estimate of drug-likeness (QED) is 0.849. The molecule has 1 saturated heterocycles. The zero-order chi connectivity index (χ0) is 11.8. The Morgan fingerprint density at radius 2 is 2.19 bits per heavy atom. The molecule has 0 unspecified atom stereocenters. The van der Waals surface area contributed by atoms with Gasteiger partial charge in [-0.2, -0.15) is 0 Å². The molecule has 0 spiro atoms. The molecular weight excluding hydrogens is 247 g/mol. The summed E-state index contributed by atoms with van der Waals surface area (Å²) in [6, 6.07) is 1.80. The van der Waals surface area contributed by atoms with Crippen molar-refractivity contribution >= 4 is 28.9 Å². The number of hydrogen-bond acceptors (Lipinski definition) is 3. The number of halogens is 2. The third-order valence-electron chi connectivity index (χ3n) is 2.73. The highest BCUT2D eigenvalue weighted by Gasteiger charge is 2.33. The predicted molar refractivity (Wildman–Crippen MR) is 66.4 cm³/mol. The van der Waals surface area contributed by atoms with E-state index < -0.39 is 0 Å². The molecule has 1 aromatic rings. The number of hydrogen-bond donors (Lipinski definition) is 1. The summed E-state index contributed by atoms with van der Waals surface area (Å²) in [4.78, 5) is 4.02. The summed E-state index contributed by atoms with van der Waals surface area (Å²) in [7, 11) is 0. The molecule has 1 aromatic heterocycles. The second-order valence-corrected chi connectivity index (χ2v) is 5.33. The Morgan fingerprint density at radius 3 is 2.69 bits per heavy atom. The normalized spacial score (nSPS) is 18.0. The SMILES string of the molecule is Cc1cc(Cl)nc(Cl)c1NCC1(C)COC1. The second-order valence-electron chi connectivity index (χ2n) is 4.58. The number of pyridine rings is 1. The summed E-state index contributed by atoms with van der Waals surface area (Å²) < 4.78 is 5.20. The van der Waals surface area contributed by atoms with Crippen LogP contribution in [0.25, 0.3) is 0 Å². The Hall–Kier alpha value is -0.510. The molecule has 16 heavy (non-hydrogen) atoms.